The maximum Gasteiger partial charge on any atom is 0.289 e. The number of nitrogens with one attached hydrogen (secondary N) is 1. The van der Waals surface area contributed by atoms with Crippen LogP contribution in [0.2, 0.25) is 5.02 Å². The number of unbranched alkanes of at least 4 members (excludes halogenated alkanes) is 1. The van der Waals surface area contributed by atoms with Crippen molar-refractivity contribution in [2.75, 3.05) is 11.9 Å². The Bertz CT molecular complexity index is 406. The Morgan fingerprint density at radius 2 is 2.41 bits per heavy atom. The molecule has 0 saturated carbocycles. The van der Waals surface area contributed by atoms with E-state index in [0.717, 1.165) is 12.1 Å². The number of ether oxygens (including phenoxy) is 1. The van der Waals surface area contributed by atoms with Crippen molar-refractivity contribution in [1.29, 1.82) is 0 Å². The Labute approximate surface area is 107 Å². The van der Waals surface area contributed by atoms with Gasteiger partial charge in [-0.25, -0.2) is 4.99 Å². The van der Waals surface area contributed by atoms with Crippen molar-refractivity contribution >= 4 is 23.3 Å². The van der Waals surface area contributed by atoms with Crippen LogP contribution in [0.4, 0.5) is 5.69 Å². The van der Waals surface area contributed by atoms with Gasteiger partial charge in [0.05, 0.1) is 6.04 Å². The van der Waals surface area contributed by atoms with Crippen molar-refractivity contribution < 1.29 is 4.74 Å². The summed E-state index contributed by atoms with van der Waals surface area (Å²) in [4.78, 5) is 4.49. The molecule has 0 aromatic heterocycles. The first-order chi connectivity index (χ1) is 8.28. The molecule has 4 heteroatoms. The molecular weight excluding hydrogens is 236 g/mol. The summed E-state index contributed by atoms with van der Waals surface area (Å²) >= 11 is 5.91. The Balaban J connectivity index is 1.91. The molecule has 1 aliphatic heterocycles. The van der Waals surface area contributed by atoms with Gasteiger partial charge in [-0.05, 0) is 24.6 Å². The van der Waals surface area contributed by atoms with Gasteiger partial charge in [-0.1, -0.05) is 37.4 Å². The molecule has 0 aliphatic carbocycles. The molecule has 0 spiro atoms. The second-order valence-corrected chi connectivity index (χ2v) is 4.61. The third-order valence-corrected chi connectivity index (χ3v) is 2.91. The Hall–Kier alpha value is -1.22. The maximum atomic E-state index is 5.91. The van der Waals surface area contributed by atoms with E-state index in [1.54, 1.807) is 0 Å². The molecule has 1 aliphatic rings. The van der Waals surface area contributed by atoms with E-state index in [9.17, 15) is 0 Å². The van der Waals surface area contributed by atoms with Crippen LogP contribution in [0.15, 0.2) is 29.3 Å². The van der Waals surface area contributed by atoms with E-state index >= 15 is 0 Å². The van der Waals surface area contributed by atoms with Crippen LogP contribution in [0, 0.1) is 0 Å². The Morgan fingerprint density at radius 1 is 1.53 bits per heavy atom. The van der Waals surface area contributed by atoms with E-state index in [4.69, 9.17) is 16.3 Å². The van der Waals surface area contributed by atoms with Crippen LogP contribution < -0.4 is 5.32 Å². The molecule has 17 heavy (non-hydrogen) atoms. The summed E-state index contributed by atoms with van der Waals surface area (Å²) in [6.45, 7) is 2.87. The number of nitrogens with zero attached hydrogens (tertiary/aromatic N) is 1. The summed E-state index contributed by atoms with van der Waals surface area (Å²) in [5, 5.41) is 3.84. The molecular formula is C13H17ClN2O. The lowest BCUT2D eigenvalue weighted by atomic mass is 10.1. The van der Waals surface area contributed by atoms with E-state index in [0.29, 0.717) is 23.7 Å². The van der Waals surface area contributed by atoms with E-state index < -0.39 is 0 Å². The second-order valence-electron chi connectivity index (χ2n) is 4.18. The number of amidine groups is 1. The molecule has 0 amide bonds. The van der Waals surface area contributed by atoms with Crippen LogP contribution in [0.1, 0.15) is 26.2 Å². The molecule has 1 aromatic carbocycles. The van der Waals surface area contributed by atoms with Crippen LogP contribution in [-0.4, -0.2) is 18.7 Å². The van der Waals surface area contributed by atoms with Gasteiger partial charge < -0.3 is 10.1 Å². The van der Waals surface area contributed by atoms with E-state index in [2.05, 4.69) is 17.2 Å². The van der Waals surface area contributed by atoms with Crippen molar-refractivity contribution in [3.63, 3.8) is 0 Å². The summed E-state index contributed by atoms with van der Waals surface area (Å²) in [5.41, 5.74) is 0.910. The fourth-order valence-corrected chi connectivity index (χ4v) is 1.95. The zero-order chi connectivity index (χ0) is 12.1. The minimum absolute atomic E-state index is 0.302. The van der Waals surface area contributed by atoms with Crippen molar-refractivity contribution in [1.82, 2.24) is 0 Å². The number of halogens is 1. The van der Waals surface area contributed by atoms with E-state index in [-0.39, 0.29) is 0 Å². The SMILES string of the molecule is CCCCC1COC(Nc2cccc(Cl)c2)=N1. The minimum atomic E-state index is 0.302. The first kappa shape index (κ1) is 12.2. The average Bonchev–Trinajstić information content (AvgIpc) is 2.74. The van der Waals surface area contributed by atoms with E-state index in [1.807, 2.05) is 24.3 Å². The van der Waals surface area contributed by atoms with Gasteiger partial charge in [0.1, 0.15) is 6.61 Å². The average molecular weight is 253 g/mol. The summed E-state index contributed by atoms with van der Waals surface area (Å²) in [6, 6.07) is 8.44. The van der Waals surface area contributed by atoms with Gasteiger partial charge in [-0.2, -0.15) is 0 Å². The van der Waals surface area contributed by atoms with Crippen LogP contribution in [0.3, 0.4) is 0 Å². The third kappa shape index (κ3) is 3.63. The Morgan fingerprint density at radius 3 is 3.18 bits per heavy atom. The predicted octanol–water partition coefficient (Wildman–Crippen LogP) is 3.70. The largest absolute Gasteiger partial charge is 0.463 e. The van der Waals surface area contributed by atoms with Crippen LogP contribution in [0.25, 0.3) is 0 Å². The molecule has 1 N–H and O–H groups in total. The van der Waals surface area contributed by atoms with Gasteiger partial charge >= 0.3 is 0 Å². The maximum absolute atomic E-state index is 5.91. The minimum Gasteiger partial charge on any atom is -0.463 e. The van der Waals surface area contributed by atoms with Crippen molar-refractivity contribution in [2.45, 2.75) is 32.2 Å². The fraction of sp³-hybridized carbons (Fsp3) is 0.462. The molecule has 1 unspecified atom stereocenters. The quantitative estimate of drug-likeness (QED) is 0.887. The molecule has 2 rings (SSSR count). The first-order valence-corrected chi connectivity index (χ1v) is 6.39. The zero-order valence-electron chi connectivity index (χ0n) is 9.95. The van der Waals surface area contributed by atoms with Crippen molar-refractivity contribution in [3.8, 4) is 0 Å². The molecule has 1 heterocycles. The lowest BCUT2D eigenvalue weighted by Crippen LogP contribution is -2.11. The standard InChI is InChI=1S/C13H17ClN2O/c1-2-3-6-12-9-17-13(16-12)15-11-7-4-5-10(14)8-11/h4-5,7-8,12H,2-3,6,9H2,1H3,(H,15,16). The van der Waals surface area contributed by atoms with Gasteiger partial charge in [-0.3, -0.25) is 0 Å². The van der Waals surface area contributed by atoms with Gasteiger partial charge in [0.25, 0.3) is 6.02 Å². The summed E-state index contributed by atoms with van der Waals surface area (Å²) < 4.78 is 5.50. The topological polar surface area (TPSA) is 33.6 Å². The van der Waals surface area contributed by atoms with Gasteiger partial charge in [0, 0.05) is 10.7 Å². The second kappa shape index (κ2) is 5.92. The van der Waals surface area contributed by atoms with Crippen LogP contribution in [0.5, 0.6) is 0 Å². The highest BCUT2D eigenvalue weighted by molar-refractivity contribution is 6.30. The number of hydrogen-bond donors (Lipinski definition) is 1. The zero-order valence-corrected chi connectivity index (χ0v) is 10.7. The predicted molar refractivity (Wildman–Crippen MR) is 71.8 cm³/mol. The summed E-state index contributed by atoms with van der Waals surface area (Å²) in [6.07, 6.45) is 3.49. The molecule has 1 atom stereocenters. The van der Waals surface area contributed by atoms with Gasteiger partial charge in [0.15, 0.2) is 0 Å². The molecule has 92 valence electrons. The fourth-order valence-electron chi connectivity index (χ4n) is 1.76. The first-order valence-electron chi connectivity index (χ1n) is 6.01. The normalized spacial score (nSPS) is 18.7. The number of rotatable bonds is 4. The van der Waals surface area contributed by atoms with Gasteiger partial charge in [-0.15, -0.1) is 0 Å². The van der Waals surface area contributed by atoms with Crippen LogP contribution >= 0.6 is 11.6 Å². The Kier molecular flexibility index (Phi) is 4.26. The molecule has 0 saturated heterocycles. The number of anilines is 1. The third-order valence-electron chi connectivity index (χ3n) is 2.68. The molecule has 0 fully saturated rings. The number of hydrogen-bond acceptors (Lipinski definition) is 3. The lowest BCUT2D eigenvalue weighted by Gasteiger charge is -2.04. The number of benzene rings is 1. The smallest absolute Gasteiger partial charge is 0.289 e. The molecule has 0 radical (unpaired) electrons. The number of aliphatic imine (C=N–C) groups is 1. The van der Waals surface area contributed by atoms with Crippen LogP contribution in [-0.2, 0) is 4.74 Å². The highest BCUT2D eigenvalue weighted by Gasteiger charge is 2.18. The summed E-state index contributed by atoms with van der Waals surface area (Å²) in [5.74, 6) is 0. The highest BCUT2D eigenvalue weighted by atomic mass is 35.5. The lowest BCUT2D eigenvalue weighted by molar-refractivity contribution is 0.308. The summed E-state index contributed by atoms with van der Waals surface area (Å²) in [7, 11) is 0. The monoisotopic (exact) mass is 252 g/mol. The highest BCUT2D eigenvalue weighted by Crippen LogP contribution is 2.17. The molecule has 3 nitrogen and oxygen atoms in total. The van der Waals surface area contributed by atoms with Crippen molar-refractivity contribution in [2.24, 2.45) is 4.99 Å². The van der Waals surface area contributed by atoms with Crippen molar-refractivity contribution in [3.05, 3.63) is 29.3 Å². The molecule has 1 aromatic rings. The molecule has 0 bridgehead atoms. The van der Waals surface area contributed by atoms with E-state index in [1.165, 1.54) is 12.8 Å². The van der Waals surface area contributed by atoms with Gasteiger partial charge in [0.2, 0.25) is 0 Å².